The molecule has 2 rings (SSSR count). The van der Waals surface area contributed by atoms with E-state index < -0.39 is 0 Å². The third-order valence-corrected chi connectivity index (χ3v) is 3.92. The number of nitrogens with one attached hydrogen (secondary N) is 2. The summed E-state index contributed by atoms with van der Waals surface area (Å²) in [6, 6.07) is 1.79. The van der Waals surface area contributed by atoms with E-state index in [-0.39, 0.29) is 17.5 Å². The van der Waals surface area contributed by atoms with E-state index in [4.69, 9.17) is 4.42 Å². The Balaban J connectivity index is 1.67. The normalized spacial score (nSPS) is 16.4. The fourth-order valence-electron chi connectivity index (χ4n) is 2.59. The number of rotatable bonds is 4. The van der Waals surface area contributed by atoms with Crippen molar-refractivity contribution in [3.05, 3.63) is 30.2 Å². The molecule has 6 nitrogen and oxygen atoms in total. The molecule has 0 spiro atoms. The lowest BCUT2D eigenvalue weighted by molar-refractivity contribution is -0.116. The first-order valence-electron chi connectivity index (χ1n) is 8.39. The number of hydrogen-bond donors (Lipinski definition) is 2. The van der Waals surface area contributed by atoms with E-state index in [0.717, 1.165) is 31.5 Å². The molecule has 0 saturated carbocycles. The molecular weight excluding hydrogens is 306 g/mol. The van der Waals surface area contributed by atoms with Gasteiger partial charge >= 0.3 is 6.03 Å². The van der Waals surface area contributed by atoms with E-state index in [0.29, 0.717) is 12.5 Å². The molecule has 132 valence electrons. The Morgan fingerprint density at radius 2 is 2.04 bits per heavy atom. The SMILES string of the molecule is CC(C)(C)NC(=O)N1CCC(CNC(=O)/C=C/c2ccoc2)CC1. The number of furan rings is 1. The first-order chi connectivity index (χ1) is 11.3. The Morgan fingerprint density at radius 1 is 1.33 bits per heavy atom. The van der Waals surface area contributed by atoms with Crippen molar-refractivity contribution in [3.63, 3.8) is 0 Å². The molecule has 6 heteroatoms. The van der Waals surface area contributed by atoms with Gasteiger partial charge in [-0.3, -0.25) is 4.79 Å². The number of amides is 3. The second-order valence-electron chi connectivity index (χ2n) is 7.25. The van der Waals surface area contributed by atoms with Gasteiger partial charge in [0.1, 0.15) is 0 Å². The van der Waals surface area contributed by atoms with Gasteiger partial charge in [0.05, 0.1) is 12.5 Å². The Labute approximate surface area is 143 Å². The average Bonchev–Trinajstić information content (AvgIpc) is 3.03. The van der Waals surface area contributed by atoms with E-state index in [1.54, 1.807) is 24.7 Å². The van der Waals surface area contributed by atoms with Gasteiger partial charge in [-0.25, -0.2) is 4.79 Å². The average molecular weight is 333 g/mol. The van der Waals surface area contributed by atoms with Crippen molar-refractivity contribution in [2.24, 2.45) is 5.92 Å². The molecule has 0 unspecified atom stereocenters. The van der Waals surface area contributed by atoms with Crippen molar-refractivity contribution in [1.82, 2.24) is 15.5 Å². The first kappa shape index (κ1) is 18.1. The smallest absolute Gasteiger partial charge is 0.317 e. The zero-order valence-corrected chi connectivity index (χ0v) is 14.7. The molecule has 1 fully saturated rings. The number of likely N-dealkylation sites (tertiary alicyclic amines) is 1. The number of carbonyl (C=O) groups excluding carboxylic acids is 2. The molecular formula is C18H27N3O3. The van der Waals surface area contributed by atoms with E-state index in [2.05, 4.69) is 10.6 Å². The summed E-state index contributed by atoms with van der Waals surface area (Å²) in [7, 11) is 0. The van der Waals surface area contributed by atoms with Crippen LogP contribution in [0.25, 0.3) is 6.08 Å². The summed E-state index contributed by atoms with van der Waals surface area (Å²) in [5.41, 5.74) is 0.645. The molecule has 0 aliphatic carbocycles. The van der Waals surface area contributed by atoms with Crippen LogP contribution in [-0.2, 0) is 4.79 Å². The van der Waals surface area contributed by atoms with Crippen molar-refractivity contribution in [2.75, 3.05) is 19.6 Å². The zero-order chi connectivity index (χ0) is 17.6. The van der Waals surface area contributed by atoms with Gasteiger partial charge in [0.25, 0.3) is 0 Å². The van der Waals surface area contributed by atoms with Crippen LogP contribution in [0.5, 0.6) is 0 Å². The third kappa shape index (κ3) is 6.10. The lowest BCUT2D eigenvalue weighted by Crippen LogP contribution is -2.51. The van der Waals surface area contributed by atoms with Crippen LogP contribution in [0.15, 0.2) is 29.1 Å². The van der Waals surface area contributed by atoms with E-state index in [1.807, 2.05) is 25.7 Å². The Morgan fingerprint density at radius 3 is 2.62 bits per heavy atom. The topological polar surface area (TPSA) is 74.6 Å². The standard InChI is InChI=1S/C18H27N3O3/c1-18(2,3)20-17(23)21-9-6-14(7-10-21)12-19-16(22)5-4-15-8-11-24-13-15/h4-5,8,11,13-14H,6-7,9-10,12H2,1-3H3,(H,19,22)(H,20,23)/b5-4+. The summed E-state index contributed by atoms with van der Waals surface area (Å²) in [6.45, 7) is 8.03. The second-order valence-corrected chi connectivity index (χ2v) is 7.25. The van der Waals surface area contributed by atoms with Crippen LogP contribution in [0.4, 0.5) is 4.79 Å². The first-order valence-corrected chi connectivity index (χ1v) is 8.39. The maximum Gasteiger partial charge on any atom is 0.317 e. The Kier molecular flexibility index (Phi) is 6.06. The molecule has 0 radical (unpaired) electrons. The summed E-state index contributed by atoms with van der Waals surface area (Å²) < 4.78 is 4.94. The molecule has 3 amide bonds. The Hall–Kier alpha value is -2.24. The molecule has 2 heterocycles. The fourth-order valence-corrected chi connectivity index (χ4v) is 2.59. The predicted molar refractivity (Wildman–Crippen MR) is 93.3 cm³/mol. The molecule has 0 aromatic carbocycles. The highest BCUT2D eigenvalue weighted by Crippen LogP contribution is 2.17. The van der Waals surface area contributed by atoms with Crippen LogP contribution in [0.1, 0.15) is 39.2 Å². The molecule has 1 saturated heterocycles. The van der Waals surface area contributed by atoms with Gasteiger partial charge < -0.3 is 20.0 Å². The fraction of sp³-hybridized carbons (Fsp3) is 0.556. The maximum atomic E-state index is 12.1. The largest absolute Gasteiger partial charge is 0.472 e. The highest BCUT2D eigenvalue weighted by Gasteiger charge is 2.25. The van der Waals surface area contributed by atoms with Gasteiger partial charge in [-0.15, -0.1) is 0 Å². The third-order valence-electron chi connectivity index (χ3n) is 3.92. The lowest BCUT2D eigenvalue weighted by atomic mass is 9.97. The monoisotopic (exact) mass is 333 g/mol. The van der Waals surface area contributed by atoms with Gasteiger partial charge in [0.2, 0.25) is 5.91 Å². The molecule has 1 aliphatic rings. The number of hydrogen-bond acceptors (Lipinski definition) is 3. The number of carbonyl (C=O) groups is 2. The highest BCUT2D eigenvalue weighted by molar-refractivity contribution is 5.91. The molecule has 1 aliphatic heterocycles. The van der Waals surface area contributed by atoms with Crippen LogP contribution in [0, 0.1) is 5.92 Å². The maximum absolute atomic E-state index is 12.1. The minimum atomic E-state index is -0.219. The van der Waals surface area contributed by atoms with Crippen LogP contribution >= 0.6 is 0 Å². The van der Waals surface area contributed by atoms with E-state index in [9.17, 15) is 9.59 Å². The van der Waals surface area contributed by atoms with Gasteiger partial charge in [0.15, 0.2) is 0 Å². The summed E-state index contributed by atoms with van der Waals surface area (Å²) in [4.78, 5) is 25.8. The van der Waals surface area contributed by atoms with Crippen LogP contribution < -0.4 is 10.6 Å². The van der Waals surface area contributed by atoms with Crippen molar-refractivity contribution in [1.29, 1.82) is 0 Å². The molecule has 2 N–H and O–H groups in total. The number of nitrogens with zero attached hydrogens (tertiary/aromatic N) is 1. The lowest BCUT2D eigenvalue weighted by Gasteiger charge is -2.34. The minimum absolute atomic E-state index is 0.00645. The predicted octanol–water partition coefficient (Wildman–Crippen LogP) is 2.63. The quantitative estimate of drug-likeness (QED) is 0.832. The summed E-state index contributed by atoms with van der Waals surface area (Å²) in [5, 5.41) is 5.91. The molecule has 0 atom stereocenters. The van der Waals surface area contributed by atoms with Crippen molar-refractivity contribution >= 4 is 18.0 Å². The van der Waals surface area contributed by atoms with E-state index in [1.165, 1.54) is 6.08 Å². The summed E-state index contributed by atoms with van der Waals surface area (Å²) in [5.74, 6) is 0.305. The highest BCUT2D eigenvalue weighted by atomic mass is 16.3. The molecule has 24 heavy (non-hydrogen) atoms. The second kappa shape index (κ2) is 8.04. The molecule has 1 aromatic heterocycles. The van der Waals surface area contributed by atoms with Gasteiger partial charge in [-0.05, 0) is 51.7 Å². The van der Waals surface area contributed by atoms with Crippen LogP contribution in [0.2, 0.25) is 0 Å². The van der Waals surface area contributed by atoms with E-state index >= 15 is 0 Å². The van der Waals surface area contributed by atoms with Gasteiger partial charge in [0, 0.05) is 36.8 Å². The van der Waals surface area contributed by atoms with Crippen molar-refractivity contribution in [2.45, 2.75) is 39.2 Å². The van der Waals surface area contributed by atoms with Crippen LogP contribution in [0.3, 0.4) is 0 Å². The van der Waals surface area contributed by atoms with Gasteiger partial charge in [-0.1, -0.05) is 0 Å². The Bertz CT molecular complexity index is 565. The summed E-state index contributed by atoms with van der Waals surface area (Å²) >= 11 is 0. The summed E-state index contributed by atoms with van der Waals surface area (Å²) in [6.07, 6.45) is 8.20. The molecule has 0 bridgehead atoms. The van der Waals surface area contributed by atoms with Crippen molar-refractivity contribution < 1.29 is 14.0 Å². The van der Waals surface area contributed by atoms with Crippen LogP contribution in [-0.4, -0.2) is 42.0 Å². The van der Waals surface area contributed by atoms with Crippen molar-refractivity contribution in [3.8, 4) is 0 Å². The van der Waals surface area contributed by atoms with Gasteiger partial charge in [-0.2, -0.15) is 0 Å². The molecule has 1 aromatic rings. The zero-order valence-electron chi connectivity index (χ0n) is 14.7. The minimum Gasteiger partial charge on any atom is -0.472 e. The number of urea groups is 1. The number of piperidine rings is 1.